The molecule has 0 amide bonds. The Bertz CT molecular complexity index is 838. The second-order valence-electron chi connectivity index (χ2n) is 7.28. The van der Waals surface area contributed by atoms with Crippen molar-refractivity contribution < 1.29 is 4.74 Å². The SMILES string of the molecule is CN(C)C[C@@H]1OCCN(Cc2cc3ccccc3s2)[C@H]1c1cnn(C)c1. The van der Waals surface area contributed by atoms with E-state index in [1.165, 1.54) is 20.5 Å². The molecule has 1 aromatic carbocycles. The first-order chi connectivity index (χ1) is 12.6. The molecule has 2 aromatic heterocycles. The van der Waals surface area contributed by atoms with Gasteiger partial charge in [-0.1, -0.05) is 18.2 Å². The van der Waals surface area contributed by atoms with Crippen LogP contribution in [-0.4, -0.2) is 59.5 Å². The highest BCUT2D eigenvalue weighted by Crippen LogP contribution is 2.33. The molecule has 0 unspecified atom stereocenters. The smallest absolute Gasteiger partial charge is 0.0900 e. The van der Waals surface area contributed by atoms with Crippen molar-refractivity contribution in [1.82, 2.24) is 19.6 Å². The van der Waals surface area contributed by atoms with Crippen molar-refractivity contribution in [3.63, 3.8) is 0 Å². The molecule has 3 aromatic rings. The van der Waals surface area contributed by atoms with Crippen LogP contribution in [0, 0.1) is 0 Å². The predicted molar refractivity (Wildman–Crippen MR) is 106 cm³/mol. The molecule has 4 rings (SSSR count). The minimum absolute atomic E-state index is 0.150. The summed E-state index contributed by atoms with van der Waals surface area (Å²) in [7, 11) is 6.19. The first-order valence-electron chi connectivity index (χ1n) is 9.06. The lowest BCUT2D eigenvalue weighted by atomic mass is 10.0. The molecular formula is C20H26N4OS. The number of hydrogen-bond acceptors (Lipinski definition) is 5. The molecule has 0 saturated carbocycles. The van der Waals surface area contributed by atoms with Gasteiger partial charge in [-0.3, -0.25) is 9.58 Å². The highest BCUT2D eigenvalue weighted by atomic mass is 32.1. The Morgan fingerprint density at radius 3 is 2.88 bits per heavy atom. The van der Waals surface area contributed by atoms with Gasteiger partial charge in [0.25, 0.3) is 0 Å². The van der Waals surface area contributed by atoms with Crippen molar-refractivity contribution in [2.24, 2.45) is 7.05 Å². The number of likely N-dealkylation sites (N-methyl/N-ethyl adjacent to an activating group) is 1. The number of aryl methyl sites for hydroxylation is 1. The number of benzene rings is 1. The van der Waals surface area contributed by atoms with Gasteiger partial charge >= 0.3 is 0 Å². The Morgan fingerprint density at radius 2 is 2.15 bits per heavy atom. The lowest BCUT2D eigenvalue weighted by molar-refractivity contribution is -0.0835. The number of rotatable bonds is 5. The Kier molecular flexibility index (Phi) is 5.09. The Hall–Kier alpha value is -1.73. The number of nitrogens with zero attached hydrogens (tertiary/aromatic N) is 4. The number of hydrogen-bond donors (Lipinski definition) is 0. The van der Waals surface area contributed by atoms with Crippen LogP contribution in [0.25, 0.3) is 10.1 Å². The predicted octanol–water partition coefficient (Wildman–Crippen LogP) is 3.14. The van der Waals surface area contributed by atoms with Crippen molar-refractivity contribution in [3.05, 3.63) is 53.2 Å². The molecule has 138 valence electrons. The zero-order valence-electron chi connectivity index (χ0n) is 15.6. The van der Waals surface area contributed by atoms with Crippen LogP contribution in [0.2, 0.25) is 0 Å². The maximum atomic E-state index is 6.17. The summed E-state index contributed by atoms with van der Waals surface area (Å²) in [5.41, 5.74) is 1.24. The van der Waals surface area contributed by atoms with E-state index in [2.05, 4.69) is 65.5 Å². The second kappa shape index (κ2) is 7.48. The van der Waals surface area contributed by atoms with Gasteiger partial charge in [-0.05, 0) is 31.6 Å². The molecule has 6 heteroatoms. The van der Waals surface area contributed by atoms with Gasteiger partial charge in [-0.2, -0.15) is 5.10 Å². The molecule has 26 heavy (non-hydrogen) atoms. The van der Waals surface area contributed by atoms with E-state index in [1.807, 2.05) is 29.3 Å². The largest absolute Gasteiger partial charge is 0.374 e. The van der Waals surface area contributed by atoms with Crippen LogP contribution < -0.4 is 0 Å². The molecule has 0 N–H and O–H groups in total. The maximum Gasteiger partial charge on any atom is 0.0900 e. The first-order valence-corrected chi connectivity index (χ1v) is 9.88. The van der Waals surface area contributed by atoms with Gasteiger partial charge in [0.2, 0.25) is 0 Å². The highest BCUT2D eigenvalue weighted by Gasteiger charge is 2.34. The van der Waals surface area contributed by atoms with Gasteiger partial charge < -0.3 is 9.64 Å². The van der Waals surface area contributed by atoms with Crippen LogP contribution >= 0.6 is 11.3 Å². The summed E-state index contributed by atoms with van der Waals surface area (Å²) >= 11 is 1.89. The van der Waals surface area contributed by atoms with Crippen molar-refractivity contribution in [2.45, 2.75) is 18.7 Å². The van der Waals surface area contributed by atoms with Gasteiger partial charge in [-0.25, -0.2) is 0 Å². The van der Waals surface area contributed by atoms with E-state index in [-0.39, 0.29) is 12.1 Å². The topological polar surface area (TPSA) is 33.5 Å². The Morgan fingerprint density at radius 1 is 1.31 bits per heavy atom. The summed E-state index contributed by atoms with van der Waals surface area (Å²) in [4.78, 5) is 6.17. The van der Waals surface area contributed by atoms with Gasteiger partial charge in [0.1, 0.15) is 0 Å². The van der Waals surface area contributed by atoms with Crippen LogP contribution in [0.4, 0.5) is 0 Å². The lowest BCUT2D eigenvalue weighted by Crippen LogP contribution is -2.48. The minimum Gasteiger partial charge on any atom is -0.374 e. The average Bonchev–Trinajstić information content (AvgIpc) is 3.20. The van der Waals surface area contributed by atoms with Crippen LogP contribution in [0.3, 0.4) is 0 Å². The van der Waals surface area contributed by atoms with Crippen LogP contribution in [0.1, 0.15) is 16.5 Å². The molecule has 0 aliphatic carbocycles. The fourth-order valence-corrected chi connectivity index (χ4v) is 4.90. The van der Waals surface area contributed by atoms with Crippen LogP contribution in [0.15, 0.2) is 42.7 Å². The van der Waals surface area contributed by atoms with E-state index >= 15 is 0 Å². The van der Waals surface area contributed by atoms with Gasteiger partial charge in [-0.15, -0.1) is 11.3 Å². The van der Waals surface area contributed by atoms with E-state index in [1.54, 1.807) is 0 Å². The molecule has 1 saturated heterocycles. The van der Waals surface area contributed by atoms with Crippen molar-refractivity contribution in [1.29, 1.82) is 0 Å². The first kappa shape index (κ1) is 17.7. The van der Waals surface area contributed by atoms with Crippen molar-refractivity contribution in [2.75, 3.05) is 33.8 Å². The summed E-state index contributed by atoms with van der Waals surface area (Å²) in [6.45, 7) is 3.58. The van der Waals surface area contributed by atoms with E-state index in [4.69, 9.17) is 4.74 Å². The quantitative estimate of drug-likeness (QED) is 0.691. The summed E-state index contributed by atoms with van der Waals surface area (Å²) in [6, 6.07) is 11.2. The molecule has 1 aliphatic heterocycles. The third-order valence-electron chi connectivity index (χ3n) is 4.90. The van der Waals surface area contributed by atoms with E-state index in [0.717, 1.165) is 26.2 Å². The fraction of sp³-hybridized carbons (Fsp3) is 0.450. The van der Waals surface area contributed by atoms with Gasteiger partial charge in [0, 0.05) is 48.0 Å². The second-order valence-corrected chi connectivity index (χ2v) is 8.45. The van der Waals surface area contributed by atoms with E-state index in [9.17, 15) is 0 Å². The Balaban J connectivity index is 1.62. The third-order valence-corrected chi connectivity index (χ3v) is 6.00. The molecule has 0 spiro atoms. The third kappa shape index (κ3) is 3.69. The number of aromatic nitrogens is 2. The summed E-state index contributed by atoms with van der Waals surface area (Å²) in [6.07, 6.45) is 4.26. The summed E-state index contributed by atoms with van der Waals surface area (Å²) < 4.78 is 9.42. The zero-order valence-corrected chi connectivity index (χ0v) is 16.4. The van der Waals surface area contributed by atoms with E-state index < -0.39 is 0 Å². The highest BCUT2D eigenvalue weighted by molar-refractivity contribution is 7.19. The monoisotopic (exact) mass is 370 g/mol. The average molecular weight is 371 g/mol. The molecule has 2 atom stereocenters. The van der Waals surface area contributed by atoms with Crippen LogP contribution in [0.5, 0.6) is 0 Å². The van der Waals surface area contributed by atoms with Gasteiger partial charge in [0.05, 0.1) is 24.9 Å². The lowest BCUT2D eigenvalue weighted by Gasteiger charge is -2.41. The van der Waals surface area contributed by atoms with Crippen molar-refractivity contribution in [3.8, 4) is 0 Å². The van der Waals surface area contributed by atoms with E-state index in [0.29, 0.717) is 0 Å². The normalized spacial score (nSPS) is 21.7. The number of ether oxygens (including phenoxy) is 1. The van der Waals surface area contributed by atoms with Crippen LogP contribution in [-0.2, 0) is 18.3 Å². The molecule has 0 radical (unpaired) electrons. The molecule has 0 bridgehead atoms. The number of thiophene rings is 1. The number of fused-ring (bicyclic) bond motifs is 1. The summed E-state index contributed by atoms with van der Waals surface area (Å²) in [5.74, 6) is 0. The fourth-order valence-electron chi connectivity index (χ4n) is 3.81. The Labute approximate surface area is 158 Å². The minimum atomic E-state index is 0.150. The van der Waals surface area contributed by atoms with Gasteiger partial charge in [0.15, 0.2) is 0 Å². The molecule has 5 nitrogen and oxygen atoms in total. The standard InChI is InChI=1S/C20H26N4OS/c1-22(2)14-18-20(16-11-21-23(3)12-16)24(8-9-25-18)13-17-10-15-6-4-5-7-19(15)26-17/h4-7,10-12,18,20H,8-9,13-14H2,1-3H3/t18-,20-/m0/s1. The van der Waals surface area contributed by atoms with Crippen molar-refractivity contribution >= 4 is 21.4 Å². The molecular weight excluding hydrogens is 344 g/mol. The molecule has 1 fully saturated rings. The summed E-state index contributed by atoms with van der Waals surface area (Å²) in [5, 5.41) is 5.74. The molecule has 3 heterocycles. The molecule has 1 aliphatic rings. The number of morpholine rings is 1. The maximum absolute atomic E-state index is 6.17. The zero-order chi connectivity index (χ0) is 18.1.